The molecule has 0 aliphatic carbocycles. The van der Waals surface area contributed by atoms with E-state index in [1.54, 1.807) is 0 Å². The van der Waals surface area contributed by atoms with E-state index in [0.717, 1.165) is 22.9 Å². The third-order valence-corrected chi connectivity index (χ3v) is 6.17. The van der Waals surface area contributed by atoms with E-state index in [1.807, 2.05) is 66.7 Å². The van der Waals surface area contributed by atoms with Crippen LogP contribution in [0, 0.1) is 7.14 Å². The van der Waals surface area contributed by atoms with E-state index < -0.39 is 0 Å². The zero-order valence-corrected chi connectivity index (χ0v) is 24.4. The standard InChI is InChI=1S/C27H31I2NO6/c28-22-4-8-26(9-5-22)35-18-16-31-12-14-33-20-24-2-1-3-25(30-24)21-34-15-13-32-17-19-36-27-10-6-23(29)7-11-27/h1-11H,12-21H2. The molecule has 0 saturated heterocycles. The van der Waals surface area contributed by atoms with Crippen molar-refractivity contribution in [2.75, 3.05) is 52.9 Å². The Morgan fingerprint density at radius 3 is 1.31 bits per heavy atom. The van der Waals surface area contributed by atoms with Crippen LogP contribution in [0.5, 0.6) is 11.5 Å². The van der Waals surface area contributed by atoms with Gasteiger partial charge in [0, 0.05) is 7.14 Å². The average Bonchev–Trinajstić information content (AvgIpc) is 2.89. The fourth-order valence-corrected chi connectivity index (χ4v) is 3.70. The quantitative estimate of drug-likeness (QED) is 0.127. The van der Waals surface area contributed by atoms with Crippen molar-refractivity contribution in [2.24, 2.45) is 0 Å². The molecule has 194 valence electrons. The summed E-state index contributed by atoms with van der Waals surface area (Å²) in [5.41, 5.74) is 1.73. The van der Waals surface area contributed by atoms with Crippen molar-refractivity contribution in [1.29, 1.82) is 0 Å². The molecule has 1 aromatic heterocycles. The monoisotopic (exact) mass is 719 g/mol. The first-order chi connectivity index (χ1) is 17.7. The fourth-order valence-electron chi connectivity index (χ4n) is 2.98. The SMILES string of the molecule is Ic1ccc(OCCOCCOCc2cccc(COCCOCCOc3ccc(I)cc3)n2)cc1. The van der Waals surface area contributed by atoms with Crippen molar-refractivity contribution >= 4 is 45.2 Å². The van der Waals surface area contributed by atoms with Crippen molar-refractivity contribution in [1.82, 2.24) is 4.98 Å². The van der Waals surface area contributed by atoms with E-state index >= 15 is 0 Å². The van der Waals surface area contributed by atoms with Gasteiger partial charge < -0.3 is 28.4 Å². The Kier molecular flexibility index (Phi) is 14.4. The largest absolute Gasteiger partial charge is 0.491 e. The van der Waals surface area contributed by atoms with Gasteiger partial charge in [0.15, 0.2) is 0 Å². The zero-order chi connectivity index (χ0) is 25.3. The highest BCUT2D eigenvalue weighted by Gasteiger charge is 2.01. The predicted molar refractivity (Wildman–Crippen MR) is 154 cm³/mol. The number of hydrogen-bond donors (Lipinski definition) is 0. The second kappa shape index (κ2) is 17.9. The van der Waals surface area contributed by atoms with Crippen molar-refractivity contribution in [2.45, 2.75) is 13.2 Å². The van der Waals surface area contributed by atoms with Crippen LogP contribution in [0.15, 0.2) is 66.7 Å². The fraction of sp³-hybridized carbons (Fsp3) is 0.370. The Morgan fingerprint density at radius 1 is 0.472 bits per heavy atom. The molecule has 0 atom stereocenters. The molecule has 7 nitrogen and oxygen atoms in total. The summed E-state index contributed by atoms with van der Waals surface area (Å²) in [4.78, 5) is 4.57. The zero-order valence-electron chi connectivity index (χ0n) is 20.1. The van der Waals surface area contributed by atoms with Crippen molar-refractivity contribution in [3.05, 3.63) is 85.3 Å². The van der Waals surface area contributed by atoms with E-state index in [1.165, 1.54) is 7.14 Å². The molecule has 0 spiro atoms. The molecule has 2 aromatic carbocycles. The van der Waals surface area contributed by atoms with Gasteiger partial charge in [0.1, 0.15) is 24.7 Å². The number of halogens is 2. The lowest BCUT2D eigenvalue weighted by atomic mass is 10.3. The highest BCUT2D eigenvalue weighted by molar-refractivity contribution is 14.1. The highest BCUT2D eigenvalue weighted by atomic mass is 127. The summed E-state index contributed by atoms with van der Waals surface area (Å²) in [5, 5.41) is 0. The molecular weight excluding hydrogens is 688 g/mol. The van der Waals surface area contributed by atoms with Gasteiger partial charge in [0.25, 0.3) is 0 Å². The Balaban J connectivity index is 1.15. The molecule has 0 saturated carbocycles. The highest BCUT2D eigenvalue weighted by Crippen LogP contribution is 2.14. The minimum atomic E-state index is 0.431. The van der Waals surface area contributed by atoms with Gasteiger partial charge in [-0.1, -0.05) is 6.07 Å². The van der Waals surface area contributed by atoms with Gasteiger partial charge >= 0.3 is 0 Å². The number of pyridine rings is 1. The van der Waals surface area contributed by atoms with Gasteiger partial charge in [-0.15, -0.1) is 0 Å². The lowest BCUT2D eigenvalue weighted by Crippen LogP contribution is -2.12. The normalized spacial score (nSPS) is 10.9. The average molecular weight is 719 g/mol. The molecule has 3 aromatic rings. The maximum atomic E-state index is 5.67. The van der Waals surface area contributed by atoms with Gasteiger partial charge in [-0.3, -0.25) is 4.98 Å². The van der Waals surface area contributed by atoms with E-state index in [9.17, 15) is 0 Å². The van der Waals surface area contributed by atoms with Gasteiger partial charge in [-0.2, -0.15) is 0 Å². The molecule has 0 unspecified atom stereocenters. The third kappa shape index (κ3) is 12.6. The first-order valence-electron chi connectivity index (χ1n) is 11.7. The number of benzene rings is 2. The van der Waals surface area contributed by atoms with Crippen molar-refractivity contribution < 1.29 is 28.4 Å². The minimum Gasteiger partial charge on any atom is -0.491 e. The predicted octanol–water partition coefficient (Wildman–Crippen LogP) is 5.52. The van der Waals surface area contributed by atoms with Crippen LogP contribution in [0.3, 0.4) is 0 Å². The van der Waals surface area contributed by atoms with E-state index in [-0.39, 0.29) is 0 Å². The number of aromatic nitrogens is 1. The summed E-state index contributed by atoms with van der Waals surface area (Å²) < 4.78 is 36.1. The van der Waals surface area contributed by atoms with Crippen LogP contribution < -0.4 is 9.47 Å². The molecular formula is C27H31I2NO6. The smallest absolute Gasteiger partial charge is 0.119 e. The number of ether oxygens (including phenoxy) is 6. The molecule has 0 fully saturated rings. The molecule has 0 N–H and O–H groups in total. The molecule has 0 radical (unpaired) electrons. The van der Waals surface area contributed by atoms with Crippen molar-refractivity contribution in [3.8, 4) is 11.5 Å². The summed E-state index contributed by atoms with van der Waals surface area (Å²) in [7, 11) is 0. The van der Waals surface area contributed by atoms with Crippen LogP contribution in [-0.2, 0) is 32.2 Å². The number of hydrogen-bond acceptors (Lipinski definition) is 7. The van der Waals surface area contributed by atoms with Crippen molar-refractivity contribution in [3.63, 3.8) is 0 Å². The van der Waals surface area contributed by atoms with Crippen LogP contribution in [-0.4, -0.2) is 57.8 Å². The summed E-state index contributed by atoms with van der Waals surface area (Å²) in [6.07, 6.45) is 0. The van der Waals surface area contributed by atoms with Gasteiger partial charge in [0.2, 0.25) is 0 Å². The van der Waals surface area contributed by atoms with Crippen LogP contribution in [0.1, 0.15) is 11.4 Å². The summed E-state index contributed by atoms with van der Waals surface area (Å²) in [5.74, 6) is 1.70. The van der Waals surface area contributed by atoms with Crippen LogP contribution in [0.25, 0.3) is 0 Å². The maximum absolute atomic E-state index is 5.67. The molecule has 0 aliphatic heterocycles. The molecule has 9 heteroatoms. The molecule has 36 heavy (non-hydrogen) atoms. The lowest BCUT2D eigenvalue weighted by Gasteiger charge is -2.09. The second-order valence-corrected chi connectivity index (χ2v) is 10.0. The lowest BCUT2D eigenvalue weighted by molar-refractivity contribution is 0.0270. The van der Waals surface area contributed by atoms with E-state index in [2.05, 4.69) is 50.2 Å². The summed E-state index contributed by atoms with van der Waals surface area (Å²) in [6.45, 7) is 4.93. The number of nitrogens with zero attached hydrogens (tertiary/aromatic N) is 1. The summed E-state index contributed by atoms with van der Waals surface area (Å²) >= 11 is 4.53. The topological polar surface area (TPSA) is 68.3 Å². The van der Waals surface area contributed by atoms with Crippen LogP contribution in [0.2, 0.25) is 0 Å². The van der Waals surface area contributed by atoms with E-state index in [0.29, 0.717) is 66.1 Å². The van der Waals surface area contributed by atoms with Gasteiger partial charge in [0.05, 0.1) is 64.2 Å². The summed E-state index contributed by atoms with van der Waals surface area (Å²) in [6, 6.07) is 21.7. The first-order valence-corrected chi connectivity index (χ1v) is 13.9. The van der Waals surface area contributed by atoms with E-state index in [4.69, 9.17) is 28.4 Å². The van der Waals surface area contributed by atoms with Crippen LogP contribution >= 0.6 is 45.2 Å². The first kappa shape index (κ1) is 29.1. The molecule has 0 aliphatic rings. The van der Waals surface area contributed by atoms with Crippen LogP contribution in [0.4, 0.5) is 0 Å². The Hall–Kier alpha value is -1.51. The Bertz CT molecular complexity index is 912. The minimum absolute atomic E-state index is 0.431. The molecule has 0 bridgehead atoms. The Morgan fingerprint density at radius 2 is 0.861 bits per heavy atom. The maximum Gasteiger partial charge on any atom is 0.119 e. The van der Waals surface area contributed by atoms with Gasteiger partial charge in [-0.05, 0) is 106 Å². The van der Waals surface area contributed by atoms with Gasteiger partial charge in [-0.25, -0.2) is 0 Å². The second-order valence-electron chi connectivity index (χ2n) is 7.55. The molecule has 1 heterocycles. The molecule has 0 amide bonds. The third-order valence-electron chi connectivity index (χ3n) is 4.73. The molecule has 3 rings (SSSR count). The Labute approximate surface area is 240 Å². The number of rotatable bonds is 18.